The summed E-state index contributed by atoms with van der Waals surface area (Å²) in [6.45, 7) is 4.36. The molecule has 90 valence electrons. The molecule has 0 unspecified atom stereocenters. The Morgan fingerprint density at radius 3 is 2.75 bits per heavy atom. The van der Waals surface area contributed by atoms with Gasteiger partial charge in [0.2, 0.25) is 5.88 Å². The zero-order valence-electron chi connectivity index (χ0n) is 9.82. The van der Waals surface area contributed by atoms with Crippen LogP contribution in [-0.4, -0.2) is 34.3 Å². The molecule has 0 fully saturated rings. The number of aromatic nitrogens is 2. The number of aliphatic hydroxyl groups is 1. The van der Waals surface area contributed by atoms with Gasteiger partial charge in [-0.25, -0.2) is 9.97 Å². The van der Waals surface area contributed by atoms with Crippen LogP contribution in [0, 0.1) is 0 Å². The minimum atomic E-state index is -0.766. The number of nitrogens with two attached hydrogens (primary N) is 1. The average Bonchev–Trinajstić information content (AvgIpc) is 2.18. The molecule has 1 aromatic rings. The van der Waals surface area contributed by atoms with Gasteiger partial charge in [0.05, 0.1) is 18.3 Å². The number of rotatable bonds is 5. The van der Waals surface area contributed by atoms with Gasteiger partial charge >= 0.3 is 0 Å². The fourth-order valence-corrected chi connectivity index (χ4v) is 1.24. The number of anilines is 1. The van der Waals surface area contributed by atoms with E-state index in [0.29, 0.717) is 30.4 Å². The van der Waals surface area contributed by atoms with Crippen molar-refractivity contribution in [1.82, 2.24) is 15.3 Å². The number of hydrogen-bond acceptors (Lipinski definition) is 6. The van der Waals surface area contributed by atoms with Crippen molar-refractivity contribution in [3.63, 3.8) is 0 Å². The Labute approximate surface area is 94.9 Å². The summed E-state index contributed by atoms with van der Waals surface area (Å²) in [7, 11) is 1.53. The minimum absolute atomic E-state index is 0.384. The Morgan fingerprint density at radius 2 is 2.19 bits per heavy atom. The highest BCUT2D eigenvalue weighted by atomic mass is 16.5. The smallest absolute Gasteiger partial charge is 0.222 e. The first-order valence-electron chi connectivity index (χ1n) is 5.00. The van der Waals surface area contributed by atoms with Gasteiger partial charge in [0.25, 0.3) is 0 Å². The SMILES string of the molecule is COc1ncnc(N)c1CNCC(C)(C)O. The number of nitrogens with zero attached hydrogens (tertiary/aromatic N) is 2. The summed E-state index contributed by atoms with van der Waals surface area (Å²) >= 11 is 0. The van der Waals surface area contributed by atoms with Gasteiger partial charge in [0, 0.05) is 13.1 Å². The fraction of sp³-hybridized carbons (Fsp3) is 0.600. The monoisotopic (exact) mass is 226 g/mol. The van der Waals surface area contributed by atoms with Crippen LogP contribution in [0.3, 0.4) is 0 Å². The summed E-state index contributed by atoms with van der Waals surface area (Å²) in [6.07, 6.45) is 1.35. The van der Waals surface area contributed by atoms with Crippen molar-refractivity contribution >= 4 is 5.82 Å². The van der Waals surface area contributed by atoms with E-state index in [0.717, 1.165) is 0 Å². The quantitative estimate of drug-likeness (QED) is 0.650. The third kappa shape index (κ3) is 3.63. The second-order valence-electron chi connectivity index (χ2n) is 4.16. The van der Waals surface area contributed by atoms with Gasteiger partial charge in [-0.15, -0.1) is 0 Å². The van der Waals surface area contributed by atoms with Gasteiger partial charge < -0.3 is 20.9 Å². The molecule has 0 aliphatic carbocycles. The van der Waals surface area contributed by atoms with Gasteiger partial charge in [-0.05, 0) is 13.8 Å². The predicted octanol–water partition coefficient (Wildman–Crippen LogP) is -0.0721. The topological polar surface area (TPSA) is 93.3 Å². The van der Waals surface area contributed by atoms with Gasteiger partial charge in [-0.1, -0.05) is 0 Å². The largest absolute Gasteiger partial charge is 0.481 e. The summed E-state index contributed by atoms with van der Waals surface area (Å²) in [6, 6.07) is 0. The number of nitrogens with one attached hydrogen (secondary N) is 1. The number of hydrogen-bond donors (Lipinski definition) is 3. The molecule has 0 bridgehead atoms. The van der Waals surface area contributed by atoms with Crippen LogP contribution in [0.2, 0.25) is 0 Å². The van der Waals surface area contributed by atoms with Crippen molar-refractivity contribution in [1.29, 1.82) is 0 Å². The minimum Gasteiger partial charge on any atom is -0.481 e. The Balaban J connectivity index is 2.66. The maximum Gasteiger partial charge on any atom is 0.222 e. The second-order valence-corrected chi connectivity index (χ2v) is 4.16. The molecule has 16 heavy (non-hydrogen) atoms. The lowest BCUT2D eigenvalue weighted by Gasteiger charge is -2.18. The van der Waals surface area contributed by atoms with Crippen LogP contribution in [0.1, 0.15) is 19.4 Å². The van der Waals surface area contributed by atoms with Crippen LogP contribution in [0.4, 0.5) is 5.82 Å². The van der Waals surface area contributed by atoms with Gasteiger partial charge in [-0.2, -0.15) is 0 Å². The van der Waals surface area contributed by atoms with E-state index in [4.69, 9.17) is 10.5 Å². The van der Waals surface area contributed by atoms with Crippen molar-refractivity contribution < 1.29 is 9.84 Å². The van der Waals surface area contributed by atoms with Gasteiger partial charge in [-0.3, -0.25) is 0 Å². The number of nitrogen functional groups attached to an aromatic ring is 1. The molecule has 0 saturated heterocycles. The summed E-state index contributed by atoms with van der Waals surface area (Å²) in [5, 5.41) is 12.6. The molecule has 0 aliphatic rings. The normalized spacial score (nSPS) is 11.5. The average molecular weight is 226 g/mol. The summed E-state index contributed by atoms with van der Waals surface area (Å²) in [5.74, 6) is 0.839. The lowest BCUT2D eigenvalue weighted by Crippen LogP contribution is -2.34. The molecule has 1 rings (SSSR count). The molecule has 1 aromatic heterocycles. The van der Waals surface area contributed by atoms with E-state index >= 15 is 0 Å². The molecule has 0 atom stereocenters. The van der Waals surface area contributed by atoms with E-state index < -0.39 is 5.60 Å². The lowest BCUT2D eigenvalue weighted by atomic mass is 10.1. The zero-order chi connectivity index (χ0) is 12.2. The number of methoxy groups -OCH3 is 1. The highest BCUT2D eigenvalue weighted by molar-refractivity contribution is 5.44. The van der Waals surface area contributed by atoms with Crippen LogP contribution < -0.4 is 15.8 Å². The van der Waals surface area contributed by atoms with Crippen LogP contribution in [-0.2, 0) is 6.54 Å². The first kappa shape index (κ1) is 12.7. The molecule has 6 heteroatoms. The van der Waals surface area contributed by atoms with E-state index in [2.05, 4.69) is 15.3 Å². The van der Waals surface area contributed by atoms with Crippen molar-refractivity contribution in [3.8, 4) is 5.88 Å². The molecule has 0 radical (unpaired) electrons. The van der Waals surface area contributed by atoms with Crippen LogP contribution in [0.15, 0.2) is 6.33 Å². The standard InChI is InChI=1S/C10H18N4O2/c1-10(2,15)5-12-4-7-8(11)13-6-14-9(7)16-3/h6,12,15H,4-5H2,1-3H3,(H2,11,13,14). The Kier molecular flexibility index (Phi) is 4.03. The molecular weight excluding hydrogens is 208 g/mol. The summed E-state index contributed by atoms with van der Waals surface area (Å²) < 4.78 is 5.08. The van der Waals surface area contributed by atoms with Crippen molar-refractivity contribution in [3.05, 3.63) is 11.9 Å². The Morgan fingerprint density at radius 1 is 1.50 bits per heavy atom. The van der Waals surface area contributed by atoms with Gasteiger partial charge in [0.1, 0.15) is 12.1 Å². The third-order valence-corrected chi connectivity index (χ3v) is 1.99. The maximum atomic E-state index is 9.54. The summed E-state index contributed by atoms with van der Waals surface area (Å²) in [4.78, 5) is 7.84. The van der Waals surface area contributed by atoms with E-state index in [1.807, 2.05) is 0 Å². The molecular formula is C10H18N4O2. The maximum absolute atomic E-state index is 9.54. The second kappa shape index (κ2) is 5.09. The highest BCUT2D eigenvalue weighted by Crippen LogP contribution is 2.18. The molecule has 0 spiro atoms. The zero-order valence-corrected chi connectivity index (χ0v) is 9.82. The lowest BCUT2D eigenvalue weighted by molar-refractivity contribution is 0.0794. The van der Waals surface area contributed by atoms with Crippen molar-refractivity contribution in [2.24, 2.45) is 0 Å². The van der Waals surface area contributed by atoms with Crippen LogP contribution >= 0.6 is 0 Å². The molecule has 4 N–H and O–H groups in total. The third-order valence-electron chi connectivity index (χ3n) is 1.99. The number of ether oxygens (including phenoxy) is 1. The highest BCUT2D eigenvalue weighted by Gasteiger charge is 2.14. The molecule has 0 aliphatic heterocycles. The molecule has 0 saturated carbocycles. The van der Waals surface area contributed by atoms with Crippen molar-refractivity contribution in [2.45, 2.75) is 26.0 Å². The van der Waals surface area contributed by atoms with Gasteiger partial charge in [0.15, 0.2) is 0 Å². The summed E-state index contributed by atoms with van der Waals surface area (Å²) in [5.41, 5.74) is 5.65. The Bertz CT molecular complexity index is 349. The van der Waals surface area contributed by atoms with E-state index in [-0.39, 0.29) is 0 Å². The molecule has 6 nitrogen and oxygen atoms in total. The van der Waals surface area contributed by atoms with E-state index in [1.54, 1.807) is 13.8 Å². The van der Waals surface area contributed by atoms with Crippen LogP contribution in [0.25, 0.3) is 0 Å². The van der Waals surface area contributed by atoms with Crippen LogP contribution in [0.5, 0.6) is 5.88 Å². The molecule has 0 aromatic carbocycles. The molecule has 1 heterocycles. The fourth-order valence-electron chi connectivity index (χ4n) is 1.24. The van der Waals surface area contributed by atoms with E-state index in [1.165, 1.54) is 13.4 Å². The van der Waals surface area contributed by atoms with Crippen molar-refractivity contribution in [2.75, 3.05) is 19.4 Å². The first-order valence-corrected chi connectivity index (χ1v) is 5.00. The first-order chi connectivity index (χ1) is 7.44. The predicted molar refractivity (Wildman–Crippen MR) is 61.0 cm³/mol. The van der Waals surface area contributed by atoms with E-state index in [9.17, 15) is 5.11 Å². The Hall–Kier alpha value is -1.40. The molecule has 0 amide bonds.